The number of aryl methyl sites for hydroxylation is 1. The lowest BCUT2D eigenvalue weighted by atomic mass is 10.2. The van der Waals surface area contributed by atoms with Crippen molar-refractivity contribution in [3.8, 4) is 0 Å². The van der Waals surface area contributed by atoms with Crippen LogP contribution >= 0.6 is 11.3 Å². The van der Waals surface area contributed by atoms with Crippen LogP contribution in [0.3, 0.4) is 0 Å². The van der Waals surface area contributed by atoms with Crippen LogP contribution in [0.1, 0.15) is 17.0 Å². The van der Waals surface area contributed by atoms with Gasteiger partial charge in [-0.2, -0.15) is 0 Å². The standard InChI is InChI=1S/C18H16N4O4S/c1-12-10-17(24)21-15(11-27-18(21)20-12)8-9-19-16(23)7-4-13-2-5-14(6-3-13)22(25)26/h2-7,10-11H,8-9H2,1H3,(H,19,23)/b7-4-. The van der Waals surface area contributed by atoms with E-state index >= 15 is 0 Å². The van der Waals surface area contributed by atoms with Gasteiger partial charge in [0.05, 0.1) is 4.92 Å². The first-order chi connectivity index (χ1) is 12.9. The number of fused-ring (bicyclic) bond motifs is 1. The van der Waals surface area contributed by atoms with E-state index in [9.17, 15) is 19.7 Å². The van der Waals surface area contributed by atoms with Crippen molar-refractivity contribution in [2.45, 2.75) is 13.3 Å². The predicted octanol–water partition coefficient (Wildman–Crippen LogP) is 2.34. The van der Waals surface area contributed by atoms with Gasteiger partial charge in [0.15, 0.2) is 4.96 Å². The number of carbonyl (C=O) groups is 1. The Labute approximate surface area is 158 Å². The number of benzene rings is 1. The minimum absolute atomic E-state index is 0.000447. The average Bonchev–Trinajstić information content (AvgIpc) is 3.03. The molecule has 0 unspecified atom stereocenters. The molecule has 27 heavy (non-hydrogen) atoms. The number of aromatic nitrogens is 2. The summed E-state index contributed by atoms with van der Waals surface area (Å²) in [6.45, 7) is 2.15. The van der Waals surface area contributed by atoms with Gasteiger partial charge < -0.3 is 5.32 Å². The molecule has 0 fully saturated rings. The molecule has 138 valence electrons. The second kappa shape index (κ2) is 7.92. The van der Waals surface area contributed by atoms with E-state index in [4.69, 9.17) is 0 Å². The van der Waals surface area contributed by atoms with Crippen molar-refractivity contribution < 1.29 is 9.72 Å². The first kappa shape index (κ1) is 18.5. The van der Waals surface area contributed by atoms with Gasteiger partial charge >= 0.3 is 0 Å². The number of carbonyl (C=O) groups excluding carboxylic acids is 1. The highest BCUT2D eigenvalue weighted by Crippen LogP contribution is 2.14. The molecule has 8 nitrogen and oxygen atoms in total. The monoisotopic (exact) mass is 384 g/mol. The number of thiazole rings is 1. The Morgan fingerprint density at radius 2 is 2.11 bits per heavy atom. The van der Waals surface area contributed by atoms with Gasteiger partial charge in [-0.15, -0.1) is 11.3 Å². The summed E-state index contributed by atoms with van der Waals surface area (Å²) in [6.07, 6.45) is 3.45. The van der Waals surface area contributed by atoms with Crippen LogP contribution in [0.2, 0.25) is 0 Å². The Balaban J connectivity index is 1.57. The normalized spacial score (nSPS) is 11.1. The highest BCUT2D eigenvalue weighted by atomic mass is 32.1. The summed E-state index contributed by atoms with van der Waals surface area (Å²) < 4.78 is 1.55. The largest absolute Gasteiger partial charge is 0.352 e. The number of rotatable bonds is 6. The van der Waals surface area contributed by atoms with Crippen molar-refractivity contribution in [3.63, 3.8) is 0 Å². The maximum atomic E-state index is 12.1. The van der Waals surface area contributed by atoms with Crippen molar-refractivity contribution in [1.82, 2.24) is 14.7 Å². The van der Waals surface area contributed by atoms with Crippen molar-refractivity contribution >= 4 is 34.0 Å². The quantitative estimate of drug-likeness (QED) is 0.399. The number of amides is 1. The first-order valence-electron chi connectivity index (χ1n) is 8.11. The molecular formula is C18H16N4O4S. The third-order valence-corrected chi connectivity index (χ3v) is 4.69. The average molecular weight is 384 g/mol. The van der Waals surface area contributed by atoms with E-state index in [-0.39, 0.29) is 17.2 Å². The number of nitrogens with zero attached hydrogens (tertiary/aromatic N) is 3. The number of non-ortho nitro benzene ring substituents is 1. The highest BCUT2D eigenvalue weighted by Gasteiger charge is 2.08. The Kier molecular flexibility index (Phi) is 5.41. The number of nitro benzene ring substituents is 1. The summed E-state index contributed by atoms with van der Waals surface area (Å²) in [5, 5.41) is 15.2. The third-order valence-electron chi connectivity index (χ3n) is 3.82. The minimum Gasteiger partial charge on any atom is -0.352 e. The van der Waals surface area contributed by atoms with E-state index in [0.717, 1.165) is 5.69 Å². The predicted molar refractivity (Wildman–Crippen MR) is 103 cm³/mol. The second-order valence-corrected chi connectivity index (χ2v) is 6.64. The molecule has 0 spiro atoms. The van der Waals surface area contributed by atoms with Gasteiger partial charge in [0.2, 0.25) is 5.91 Å². The van der Waals surface area contributed by atoms with Crippen LogP contribution in [0.4, 0.5) is 5.69 Å². The summed E-state index contributed by atoms with van der Waals surface area (Å²) in [5.74, 6) is -0.283. The summed E-state index contributed by atoms with van der Waals surface area (Å²) in [6, 6.07) is 7.38. The Morgan fingerprint density at radius 1 is 1.37 bits per heavy atom. The molecule has 0 aliphatic rings. The van der Waals surface area contributed by atoms with E-state index in [1.54, 1.807) is 29.5 Å². The van der Waals surface area contributed by atoms with E-state index in [2.05, 4.69) is 10.3 Å². The fraction of sp³-hybridized carbons (Fsp3) is 0.167. The van der Waals surface area contributed by atoms with Gasteiger partial charge in [-0.1, -0.05) is 0 Å². The maximum Gasteiger partial charge on any atom is 0.269 e. The topological polar surface area (TPSA) is 107 Å². The highest BCUT2D eigenvalue weighted by molar-refractivity contribution is 7.15. The molecule has 0 aliphatic heterocycles. The summed E-state index contributed by atoms with van der Waals surface area (Å²) in [5.41, 5.74) is 2.04. The molecule has 2 heterocycles. The summed E-state index contributed by atoms with van der Waals surface area (Å²) in [4.78, 5) is 39.1. The van der Waals surface area contributed by atoms with Gasteiger partial charge in [0, 0.05) is 54.0 Å². The van der Waals surface area contributed by atoms with Gasteiger partial charge in [-0.25, -0.2) is 4.98 Å². The smallest absolute Gasteiger partial charge is 0.269 e. The number of hydrogen-bond acceptors (Lipinski definition) is 6. The lowest BCUT2D eigenvalue weighted by Gasteiger charge is -2.03. The molecule has 0 bridgehead atoms. The van der Waals surface area contributed by atoms with Crippen molar-refractivity contribution in [1.29, 1.82) is 0 Å². The molecule has 0 atom stereocenters. The van der Waals surface area contributed by atoms with Crippen LogP contribution in [0.5, 0.6) is 0 Å². The van der Waals surface area contributed by atoms with E-state index in [0.29, 0.717) is 29.2 Å². The van der Waals surface area contributed by atoms with Gasteiger partial charge in [-0.05, 0) is 30.7 Å². The number of nitro groups is 1. The number of nitrogens with one attached hydrogen (secondary N) is 1. The van der Waals surface area contributed by atoms with E-state index in [1.165, 1.54) is 35.6 Å². The summed E-state index contributed by atoms with van der Waals surface area (Å²) in [7, 11) is 0. The van der Waals surface area contributed by atoms with Crippen LogP contribution < -0.4 is 10.9 Å². The lowest BCUT2D eigenvalue weighted by Crippen LogP contribution is -2.25. The van der Waals surface area contributed by atoms with Crippen LogP contribution in [0, 0.1) is 17.0 Å². The summed E-state index contributed by atoms with van der Waals surface area (Å²) >= 11 is 1.39. The fourth-order valence-electron chi connectivity index (χ4n) is 2.51. The zero-order valence-electron chi connectivity index (χ0n) is 14.4. The molecule has 2 aromatic heterocycles. The van der Waals surface area contributed by atoms with E-state index < -0.39 is 4.92 Å². The molecular weight excluding hydrogens is 368 g/mol. The molecule has 1 amide bonds. The van der Waals surface area contributed by atoms with Crippen LogP contribution in [0.25, 0.3) is 11.0 Å². The Bertz CT molecular complexity index is 1080. The molecule has 3 aromatic rings. The second-order valence-electron chi connectivity index (χ2n) is 5.80. The van der Waals surface area contributed by atoms with Crippen LogP contribution in [-0.2, 0) is 11.2 Å². The van der Waals surface area contributed by atoms with Gasteiger partial charge in [-0.3, -0.25) is 24.1 Å². The molecule has 0 aliphatic carbocycles. The minimum atomic E-state index is -0.476. The number of hydrogen-bond donors (Lipinski definition) is 1. The Morgan fingerprint density at radius 3 is 2.81 bits per heavy atom. The molecule has 3 rings (SSSR count). The third kappa shape index (κ3) is 4.45. The van der Waals surface area contributed by atoms with Crippen molar-refractivity contribution in [2.75, 3.05) is 6.54 Å². The lowest BCUT2D eigenvalue weighted by molar-refractivity contribution is -0.384. The SMILES string of the molecule is Cc1cc(=O)n2c(CCNC(=O)/C=C\c3ccc([N+](=O)[O-])cc3)csc2n1. The van der Waals surface area contributed by atoms with Crippen LogP contribution in [0.15, 0.2) is 46.6 Å². The molecule has 0 saturated heterocycles. The van der Waals surface area contributed by atoms with Crippen molar-refractivity contribution in [3.05, 3.63) is 79.2 Å². The molecule has 9 heteroatoms. The van der Waals surface area contributed by atoms with Gasteiger partial charge in [0.1, 0.15) is 0 Å². The maximum absolute atomic E-state index is 12.1. The zero-order chi connectivity index (χ0) is 19.4. The zero-order valence-corrected chi connectivity index (χ0v) is 15.2. The first-order valence-corrected chi connectivity index (χ1v) is 8.99. The molecule has 1 N–H and O–H groups in total. The van der Waals surface area contributed by atoms with Crippen LogP contribution in [-0.4, -0.2) is 26.8 Å². The van der Waals surface area contributed by atoms with Crippen molar-refractivity contribution in [2.24, 2.45) is 0 Å². The molecule has 1 aromatic carbocycles. The van der Waals surface area contributed by atoms with Gasteiger partial charge in [0.25, 0.3) is 11.2 Å². The van der Waals surface area contributed by atoms with E-state index in [1.807, 2.05) is 5.38 Å². The molecule has 0 saturated carbocycles. The fourth-order valence-corrected chi connectivity index (χ4v) is 3.48. The Hall–Kier alpha value is -3.33. The molecule has 0 radical (unpaired) electrons.